The Morgan fingerprint density at radius 2 is 1.22 bits per heavy atom. The summed E-state index contributed by atoms with van der Waals surface area (Å²) in [6.45, 7) is 20.3. The number of para-hydroxylation sites is 2. The van der Waals surface area contributed by atoms with Gasteiger partial charge < -0.3 is 14.1 Å². The number of phenolic OH excluding ortho intramolecular Hbond substituents is 1. The number of imidazole rings is 1. The number of hydrogen-bond acceptors (Lipinski definition) is 4. The molecule has 3 heterocycles. The largest absolute Gasteiger partial charge is 0.507 e. The summed E-state index contributed by atoms with van der Waals surface area (Å²) in [5.74, 6) is 0.885. The summed E-state index contributed by atoms with van der Waals surface area (Å²) in [6, 6.07) is 52.8. The van der Waals surface area contributed by atoms with E-state index in [1.165, 1.54) is 11.1 Å². The fourth-order valence-corrected chi connectivity index (χ4v) is 8.86. The van der Waals surface area contributed by atoms with Crippen LogP contribution in [0.5, 0.6) is 5.75 Å². The van der Waals surface area contributed by atoms with Crippen molar-refractivity contribution in [2.45, 2.75) is 78.6 Å². The van der Waals surface area contributed by atoms with E-state index in [0.717, 1.165) is 88.7 Å². The molecule has 0 unspecified atom stereocenters. The predicted molar refractivity (Wildman–Crippen MR) is 262 cm³/mol. The molecular weight excluding hydrogens is 966 g/mol. The van der Waals surface area contributed by atoms with Crippen molar-refractivity contribution >= 4 is 43.9 Å². The number of aromatic nitrogens is 3. The van der Waals surface area contributed by atoms with Gasteiger partial charge in [-0.05, 0) is 74.7 Å². The molecule has 0 saturated heterocycles. The van der Waals surface area contributed by atoms with Crippen molar-refractivity contribution < 1.29 is 30.6 Å². The molecule has 10 rings (SSSR count). The van der Waals surface area contributed by atoms with Crippen LogP contribution in [0.4, 0.5) is 0 Å². The molecule has 0 aliphatic heterocycles. The van der Waals surface area contributed by atoms with Crippen LogP contribution in [0, 0.1) is 6.07 Å². The summed E-state index contributed by atoms with van der Waals surface area (Å²) >= 11 is 0. The minimum absolute atomic E-state index is 0. The van der Waals surface area contributed by atoms with Crippen molar-refractivity contribution in [1.82, 2.24) is 14.5 Å². The molecule has 5 nitrogen and oxygen atoms in total. The molecule has 10 aromatic rings. The van der Waals surface area contributed by atoms with E-state index in [2.05, 4.69) is 176 Å². The van der Waals surface area contributed by atoms with E-state index in [4.69, 9.17) is 14.4 Å². The van der Waals surface area contributed by atoms with Gasteiger partial charge in [-0.2, -0.15) is 0 Å². The normalized spacial score (nSPS) is 12.4. The molecule has 0 radical (unpaired) electrons. The van der Waals surface area contributed by atoms with E-state index >= 15 is 0 Å². The monoisotopic (exact) mass is 1020 g/mol. The quantitative estimate of drug-likeness (QED) is 0.175. The van der Waals surface area contributed by atoms with Crippen LogP contribution < -0.4 is 0 Å². The second-order valence-electron chi connectivity index (χ2n) is 20.1. The summed E-state index contributed by atoms with van der Waals surface area (Å²) in [5.41, 5.74) is 14.9. The van der Waals surface area contributed by atoms with Crippen molar-refractivity contribution in [2.24, 2.45) is 0 Å². The number of rotatable bonds is 5. The van der Waals surface area contributed by atoms with E-state index < -0.39 is 0 Å². The van der Waals surface area contributed by atoms with Crippen molar-refractivity contribution in [3.63, 3.8) is 0 Å². The second-order valence-corrected chi connectivity index (χ2v) is 20.1. The molecule has 1 N–H and O–H groups in total. The van der Waals surface area contributed by atoms with Gasteiger partial charge >= 0.3 is 0 Å². The predicted octanol–water partition coefficient (Wildman–Crippen LogP) is 15.5. The van der Waals surface area contributed by atoms with Crippen LogP contribution in [0.3, 0.4) is 0 Å². The average molecular weight is 1020 g/mol. The third-order valence-electron chi connectivity index (χ3n) is 12.5. The number of phenols is 1. The number of benzene rings is 7. The first-order chi connectivity index (χ1) is 30.0. The zero-order chi connectivity index (χ0) is 44.0. The van der Waals surface area contributed by atoms with Crippen molar-refractivity contribution in [3.05, 3.63) is 168 Å². The Kier molecular flexibility index (Phi) is 10.6. The first-order valence-corrected chi connectivity index (χ1v) is 21.9. The molecule has 322 valence electrons. The zero-order valence-corrected chi connectivity index (χ0v) is 40.1. The van der Waals surface area contributed by atoms with Crippen molar-refractivity contribution in [2.75, 3.05) is 0 Å². The minimum Gasteiger partial charge on any atom is -0.507 e. The van der Waals surface area contributed by atoms with Gasteiger partial charge in [-0.3, -0.25) is 9.97 Å². The van der Waals surface area contributed by atoms with Crippen LogP contribution in [0.1, 0.15) is 79.0 Å². The van der Waals surface area contributed by atoms with Crippen molar-refractivity contribution in [3.8, 4) is 56.2 Å². The molecule has 0 aliphatic carbocycles. The maximum atomic E-state index is 11.8. The van der Waals surface area contributed by atoms with Crippen LogP contribution >= 0.6 is 0 Å². The third kappa shape index (κ3) is 7.54. The number of fused-ring (bicyclic) bond motifs is 5. The van der Waals surface area contributed by atoms with Gasteiger partial charge in [0, 0.05) is 72.0 Å². The molecule has 64 heavy (non-hydrogen) atoms. The van der Waals surface area contributed by atoms with Crippen LogP contribution in [-0.2, 0) is 37.3 Å². The van der Waals surface area contributed by atoms with Gasteiger partial charge in [-0.25, -0.2) is 0 Å². The van der Waals surface area contributed by atoms with E-state index in [1.54, 1.807) is 6.07 Å². The Balaban J connectivity index is 0.00000518. The Morgan fingerprint density at radius 1 is 0.531 bits per heavy atom. The average Bonchev–Trinajstić information content (AvgIpc) is 3.83. The maximum Gasteiger partial charge on any atom is 0.139 e. The first-order valence-electron chi connectivity index (χ1n) is 21.9. The van der Waals surface area contributed by atoms with E-state index in [0.29, 0.717) is 11.1 Å². The molecule has 0 spiro atoms. The molecule has 6 heteroatoms. The maximum absolute atomic E-state index is 11.8. The van der Waals surface area contributed by atoms with Gasteiger partial charge in [0.25, 0.3) is 0 Å². The van der Waals surface area contributed by atoms with E-state index in [-0.39, 0.29) is 43.1 Å². The van der Waals surface area contributed by atoms with Crippen molar-refractivity contribution in [1.29, 1.82) is 0 Å². The number of pyridine rings is 1. The third-order valence-corrected chi connectivity index (χ3v) is 12.5. The van der Waals surface area contributed by atoms with Gasteiger partial charge in [0.05, 0.1) is 16.9 Å². The molecule has 0 fully saturated rings. The smallest absolute Gasteiger partial charge is 0.139 e. The van der Waals surface area contributed by atoms with E-state index in [9.17, 15) is 5.11 Å². The number of nitrogens with zero attached hydrogens (tertiary/aromatic N) is 3. The van der Waals surface area contributed by atoms with Crippen LogP contribution in [0.25, 0.3) is 94.3 Å². The number of aromatic hydroxyl groups is 1. The van der Waals surface area contributed by atoms with Crippen LogP contribution in [0.15, 0.2) is 150 Å². The fourth-order valence-electron chi connectivity index (χ4n) is 8.86. The zero-order valence-electron chi connectivity index (χ0n) is 37.9. The Labute approximate surface area is 390 Å². The molecule has 0 bridgehead atoms. The van der Waals surface area contributed by atoms with Gasteiger partial charge in [0.2, 0.25) is 0 Å². The standard InChI is InChI=1S/C58H52N3O2.Pt/c1-56(2,3)39-24-25-48(44(31-39)35-17-11-10-12-18-35)61-49-22-15-21-43(46-33-47-42-20-13-14-23-51(42)63-52(47)34-50(46)62)54(49)60-55(61)38-27-37(29-40(30-38)57(4,5)6)45-32-41(58(7,8)9)28-36-19-16-26-59-53(36)45;/h10-26,28-34,62H,1-9H3;/q-1;. The van der Waals surface area contributed by atoms with Gasteiger partial charge in [0.1, 0.15) is 16.9 Å². The summed E-state index contributed by atoms with van der Waals surface area (Å²) in [6.07, 6.45) is 1.88. The van der Waals surface area contributed by atoms with Gasteiger partial charge in [-0.15, -0.1) is 29.3 Å². The molecule has 0 amide bonds. The molecule has 7 aromatic carbocycles. The molecular formula is C58H52N3O2Pt-. The Bertz CT molecular complexity index is 3410. The molecule has 0 atom stereocenters. The molecule has 0 aliphatic rings. The Hall–Kier alpha value is -6.29. The van der Waals surface area contributed by atoms with Crippen LogP contribution in [0.2, 0.25) is 0 Å². The second kappa shape index (κ2) is 15.7. The Morgan fingerprint density at radius 3 is 1.97 bits per heavy atom. The SMILES string of the molecule is CC(C)(C)c1cc(-c2cc(C(C)(C)C)cc3cccnc23)[c-]c(-c2nc3c(-c4cc5c(cc4O)oc4ccccc45)cccc3n2-c2ccc(C(C)(C)C)cc2-c2ccccc2)c1.[Pt]. The topological polar surface area (TPSA) is 64.1 Å². The molecule has 3 aromatic heterocycles. The van der Waals surface area contributed by atoms with E-state index in [1.807, 2.05) is 36.5 Å². The summed E-state index contributed by atoms with van der Waals surface area (Å²) in [4.78, 5) is 10.6. The minimum atomic E-state index is -0.205. The fraction of sp³-hybridized carbons (Fsp3) is 0.207. The summed E-state index contributed by atoms with van der Waals surface area (Å²) in [5, 5.41) is 14.8. The number of furan rings is 1. The summed E-state index contributed by atoms with van der Waals surface area (Å²) < 4.78 is 8.50. The summed E-state index contributed by atoms with van der Waals surface area (Å²) in [7, 11) is 0. The molecule has 0 saturated carbocycles. The van der Waals surface area contributed by atoms with Gasteiger partial charge in [0.15, 0.2) is 0 Å². The first kappa shape index (κ1) is 43.0. The van der Waals surface area contributed by atoms with Gasteiger partial charge in [-0.1, -0.05) is 158 Å². The number of hydrogen-bond donors (Lipinski definition) is 1. The van der Waals surface area contributed by atoms with Crippen LogP contribution in [-0.4, -0.2) is 19.6 Å².